The summed E-state index contributed by atoms with van der Waals surface area (Å²) in [6.07, 6.45) is 9.33. The van der Waals surface area contributed by atoms with Crippen molar-refractivity contribution in [1.82, 2.24) is 4.90 Å². The summed E-state index contributed by atoms with van der Waals surface area (Å²) in [5.74, 6) is 0. The SMILES string of the molecule is C=CN(CC1COCCC[Si](OC)(OC)O1)C1CCCCC1. The highest BCUT2D eigenvalue weighted by atomic mass is 28.4. The lowest BCUT2D eigenvalue weighted by Gasteiger charge is -2.38. The summed E-state index contributed by atoms with van der Waals surface area (Å²) < 4.78 is 23.3. The van der Waals surface area contributed by atoms with Gasteiger partial charge in [-0.3, -0.25) is 0 Å². The molecule has 0 amide bonds. The van der Waals surface area contributed by atoms with E-state index in [4.69, 9.17) is 18.0 Å². The van der Waals surface area contributed by atoms with Crippen molar-refractivity contribution in [1.29, 1.82) is 0 Å². The number of rotatable bonds is 6. The molecule has 1 saturated carbocycles. The van der Waals surface area contributed by atoms with E-state index >= 15 is 0 Å². The van der Waals surface area contributed by atoms with E-state index in [2.05, 4.69) is 11.5 Å². The van der Waals surface area contributed by atoms with Crippen LogP contribution in [0, 0.1) is 0 Å². The number of nitrogens with zero attached hydrogens (tertiary/aromatic N) is 1. The van der Waals surface area contributed by atoms with E-state index in [0.717, 1.165) is 25.6 Å². The summed E-state index contributed by atoms with van der Waals surface area (Å²) in [6, 6.07) is 1.40. The molecule has 0 N–H and O–H groups in total. The molecule has 1 unspecified atom stereocenters. The van der Waals surface area contributed by atoms with Crippen molar-refractivity contribution in [3.8, 4) is 0 Å². The molecule has 1 saturated heterocycles. The summed E-state index contributed by atoms with van der Waals surface area (Å²) >= 11 is 0. The molecular weight excluding hydrogens is 298 g/mol. The Bertz CT molecular complexity index is 332. The average molecular weight is 330 g/mol. The van der Waals surface area contributed by atoms with Crippen LogP contribution in [0.3, 0.4) is 0 Å². The van der Waals surface area contributed by atoms with Crippen molar-refractivity contribution in [2.45, 2.75) is 56.7 Å². The lowest BCUT2D eigenvalue weighted by atomic mass is 9.94. The van der Waals surface area contributed by atoms with Crippen LogP contribution in [0.1, 0.15) is 38.5 Å². The highest BCUT2D eigenvalue weighted by molar-refractivity contribution is 6.60. The normalized spacial score (nSPS) is 26.9. The van der Waals surface area contributed by atoms with E-state index in [1.54, 1.807) is 14.2 Å². The first-order valence-corrected chi connectivity index (χ1v) is 10.4. The van der Waals surface area contributed by atoms with Gasteiger partial charge in [0.1, 0.15) is 0 Å². The molecule has 6 heteroatoms. The number of hydrogen-bond donors (Lipinski definition) is 0. The lowest BCUT2D eigenvalue weighted by Crippen LogP contribution is -2.52. The second-order valence-electron chi connectivity index (χ2n) is 6.18. The molecule has 0 radical (unpaired) electrons. The van der Waals surface area contributed by atoms with Gasteiger partial charge in [-0.1, -0.05) is 25.8 Å². The van der Waals surface area contributed by atoms with Crippen LogP contribution in [0.2, 0.25) is 6.04 Å². The van der Waals surface area contributed by atoms with Gasteiger partial charge < -0.3 is 22.9 Å². The maximum absolute atomic E-state index is 6.28. The molecule has 2 fully saturated rings. The van der Waals surface area contributed by atoms with Gasteiger partial charge in [0.25, 0.3) is 0 Å². The Hall–Kier alpha value is -0.403. The van der Waals surface area contributed by atoms with Gasteiger partial charge in [-0.2, -0.15) is 0 Å². The fraction of sp³-hybridized carbons (Fsp3) is 0.875. The fourth-order valence-electron chi connectivity index (χ4n) is 3.45. The zero-order valence-corrected chi connectivity index (χ0v) is 15.1. The molecule has 0 bridgehead atoms. The highest BCUT2D eigenvalue weighted by Crippen LogP contribution is 2.25. The Morgan fingerprint density at radius 1 is 1.18 bits per heavy atom. The van der Waals surface area contributed by atoms with E-state index in [1.165, 1.54) is 32.1 Å². The second kappa shape index (κ2) is 9.03. The van der Waals surface area contributed by atoms with Crippen LogP contribution in [-0.2, 0) is 18.0 Å². The molecule has 22 heavy (non-hydrogen) atoms. The minimum absolute atomic E-state index is 0.0215. The maximum Gasteiger partial charge on any atom is 0.500 e. The first-order chi connectivity index (χ1) is 10.7. The van der Waals surface area contributed by atoms with Crippen LogP contribution in [0.15, 0.2) is 12.8 Å². The van der Waals surface area contributed by atoms with Crippen molar-refractivity contribution in [2.75, 3.05) is 34.0 Å². The standard InChI is InChI=1S/C16H31NO4Si/c1-4-17(15-9-6-5-7-10-15)13-16-14-20-11-8-12-22(18-2,19-3)21-16/h4,15-16H,1,5-14H2,2-3H3. The lowest BCUT2D eigenvalue weighted by molar-refractivity contribution is -0.0276. The van der Waals surface area contributed by atoms with Crippen LogP contribution < -0.4 is 0 Å². The molecule has 1 heterocycles. The predicted molar refractivity (Wildman–Crippen MR) is 88.7 cm³/mol. The molecule has 1 aliphatic heterocycles. The molecule has 5 nitrogen and oxygen atoms in total. The molecule has 1 aliphatic carbocycles. The van der Waals surface area contributed by atoms with Crippen LogP contribution in [-0.4, -0.2) is 59.8 Å². The Morgan fingerprint density at radius 2 is 1.91 bits per heavy atom. The van der Waals surface area contributed by atoms with Crippen LogP contribution >= 0.6 is 0 Å². The maximum atomic E-state index is 6.28. The third kappa shape index (κ3) is 4.79. The Labute approximate surface area is 135 Å². The van der Waals surface area contributed by atoms with Gasteiger partial charge >= 0.3 is 8.80 Å². The van der Waals surface area contributed by atoms with Crippen molar-refractivity contribution >= 4 is 8.80 Å². The van der Waals surface area contributed by atoms with Crippen molar-refractivity contribution in [3.63, 3.8) is 0 Å². The van der Waals surface area contributed by atoms with Crippen LogP contribution in [0.4, 0.5) is 0 Å². The first kappa shape index (κ1) is 17.9. The molecule has 2 rings (SSSR count). The minimum atomic E-state index is -2.55. The molecule has 1 atom stereocenters. The summed E-state index contributed by atoms with van der Waals surface area (Å²) in [4.78, 5) is 2.33. The molecule has 0 spiro atoms. The first-order valence-electron chi connectivity index (χ1n) is 8.47. The predicted octanol–water partition coefficient (Wildman–Crippen LogP) is 2.80. The van der Waals surface area contributed by atoms with E-state index in [-0.39, 0.29) is 6.10 Å². The molecule has 0 aromatic rings. The van der Waals surface area contributed by atoms with Crippen molar-refractivity contribution in [2.24, 2.45) is 0 Å². The topological polar surface area (TPSA) is 40.2 Å². The average Bonchev–Trinajstić information content (AvgIpc) is 2.55. The van der Waals surface area contributed by atoms with Gasteiger partial charge in [0.15, 0.2) is 0 Å². The zero-order chi connectivity index (χ0) is 15.8. The zero-order valence-electron chi connectivity index (χ0n) is 14.1. The monoisotopic (exact) mass is 329 g/mol. The van der Waals surface area contributed by atoms with Gasteiger partial charge in [-0.25, -0.2) is 0 Å². The van der Waals surface area contributed by atoms with E-state index in [9.17, 15) is 0 Å². The Kier molecular flexibility index (Phi) is 7.36. The van der Waals surface area contributed by atoms with Crippen LogP contribution in [0.5, 0.6) is 0 Å². The van der Waals surface area contributed by atoms with E-state index in [0.29, 0.717) is 12.6 Å². The summed E-state index contributed by atoms with van der Waals surface area (Å²) in [7, 11) is 0.846. The van der Waals surface area contributed by atoms with Gasteiger partial charge in [0.2, 0.25) is 0 Å². The summed E-state index contributed by atoms with van der Waals surface area (Å²) in [5.41, 5.74) is 0. The molecule has 2 aliphatic rings. The summed E-state index contributed by atoms with van der Waals surface area (Å²) in [6.45, 7) is 6.14. The molecular formula is C16H31NO4Si. The van der Waals surface area contributed by atoms with Crippen molar-refractivity contribution in [3.05, 3.63) is 12.8 Å². The van der Waals surface area contributed by atoms with Gasteiger partial charge in [0, 0.05) is 39.5 Å². The van der Waals surface area contributed by atoms with Gasteiger partial charge in [0.05, 0.1) is 12.7 Å². The van der Waals surface area contributed by atoms with Crippen LogP contribution in [0.25, 0.3) is 0 Å². The molecule has 0 aromatic heterocycles. The third-order valence-electron chi connectivity index (χ3n) is 4.74. The summed E-state index contributed by atoms with van der Waals surface area (Å²) in [5, 5.41) is 0. The number of hydrogen-bond acceptors (Lipinski definition) is 5. The van der Waals surface area contributed by atoms with E-state index in [1.807, 2.05) is 6.20 Å². The number of ether oxygens (including phenoxy) is 1. The molecule has 128 valence electrons. The minimum Gasteiger partial charge on any atom is -0.379 e. The largest absolute Gasteiger partial charge is 0.500 e. The Morgan fingerprint density at radius 3 is 2.55 bits per heavy atom. The smallest absolute Gasteiger partial charge is 0.379 e. The quantitative estimate of drug-likeness (QED) is 0.701. The van der Waals surface area contributed by atoms with Crippen molar-refractivity contribution < 1.29 is 18.0 Å². The van der Waals surface area contributed by atoms with E-state index < -0.39 is 8.80 Å². The molecule has 0 aromatic carbocycles. The fourth-order valence-corrected chi connectivity index (χ4v) is 5.56. The van der Waals surface area contributed by atoms with Gasteiger partial charge in [-0.05, 0) is 25.5 Å². The Balaban J connectivity index is 1.98. The highest BCUT2D eigenvalue weighted by Gasteiger charge is 2.42. The van der Waals surface area contributed by atoms with Gasteiger partial charge in [-0.15, -0.1) is 0 Å². The second-order valence-corrected chi connectivity index (χ2v) is 9.10. The third-order valence-corrected chi connectivity index (χ3v) is 7.64.